The van der Waals surface area contributed by atoms with Crippen molar-refractivity contribution in [2.75, 3.05) is 43.7 Å². The van der Waals surface area contributed by atoms with E-state index in [-0.39, 0.29) is 46.9 Å². The van der Waals surface area contributed by atoms with Crippen molar-refractivity contribution in [3.8, 4) is 12.1 Å². The predicted octanol–water partition coefficient (Wildman–Crippen LogP) is 4.40. The first-order valence-corrected chi connectivity index (χ1v) is 24.1. The van der Waals surface area contributed by atoms with Crippen LogP contribution < -0.4 is 16.2 Å². The molecule has 2 aliphatic rings. The van der Waals surface area contributed by atoms with E-state index in [0.29, 0.717) is 5.56 Å². The van der Waals surface area contributed by atoms with Crippen LogP contribution in [0.1, 0.15) is 49.5 Å². The van der Waals surface area contributed by atoms with Crippen LogP contribution in [0.5, 0.6) is 0 Å². The zero-order valence-corrected chi connectivity index (χ0v) is 38.4. The molecule has 10 atom stereocenters. The molecule has 0 radical (unpaired) electrons. The number of aromatic amines is 1. The molecule has 0 bridgehead atoms. The van der Waals surface area contributed by atoms with Gasteiger partial charge >= 0.3 is 15.4 Å². The van der Waals surface area contributed by atoms with E-state index in [0.717, 1.165) is 28.1 Å². The van der Waals surface area contributed by atoms with Crippen LogP contribution >= 0.6 is 15.4 Å². The fourth-order valence-electron chi connectivity index (χ4n) is 7.17. The van der Waals surface area contributed by atoms with Crippen molar-refractivity contribution in [3.05, 3.63) is 77.9 Å². The van der Waals surface area contributed by atoms with E-state index in [1.165, 1.54) is 6.08 Å². The molecule has 0 aliphatic carbocycles. The van der Waals surface area contributed by atoms with Crippen LogP contribution in [0.15, 0.2) is 66.8 Å². The highest BCUT2D eigenvalue weighted by molar-refractivity contribution is 7.54. The SMILES string of the molecule is C=CCOP(=O)(OCCC#N)[C@@H]1C(COP(=O)(OCCC#N)O[C@@H]2C(CO)OC(n3cnc4c(NC(=O)c5ccccc5)ncnc43)[C@@H]2F)OC(n2cnc3c(=O)[nH]c(NC(=O)C(C)C)nc32)[C@@H]1F. The van der Waals surface area contributed by atoms with Crippen molar-refractivity contribution < 1.29 is 64.7 Å². The number of phosphoric ester groups is 1. The number of aliphatic hydroxyl groups excluding tert-OH is 1. The number of nitrogens with zero attached hydrogens (tertiary/aromatic N) is 9. The molecule has 0 saturated carbocycles. The zero-order valence-electron chi connectivity index (χ0n) is 36.6. The number of H-pyrrole nitrogens is 1. The van der Waals surface area contributed by atoms with E-state index in [1.54, 1.807) is 50.2 Å². The number of amides is 2. The minimum Gasteiger partial charge on any atom is -0.394 e. The van der Waals surface area contributed by atoms with E-state index < -0.39 is 121 Å². The average Bonchev–Trinajstić information content (AvgIpc) is 4.12. The minimum absolute atomic E-state index is 0.0232. The Hall–Kier alpha value is -6.22. The first kappa shape index (κ1) is 50.7. The molecule has 6 heterocycles. The van der Waals surface area contributed by atoms with Gasteiger partial charge in [-0.25, -0.2) is 33.3 Å². The fraction of sp³-hybridized carbons (Fsp3) is 0.450. The molecular formula is C40H44F2N12O13P2. The van der Waals surface area contributed by atoms with Crippen molar-refractivity contribution in [2.45, 2.75) is 75.5 Å². The van der Waals surface area contributed by atoms with Gasteiger partial charge in [0.05, 0.1) is 70.7 Å². The number of carbonyl (C=O) groups is 2. The first-order valence-electron chi connectivity index (χ1n) is 21.0. The van der Waals surface area contributed by atoms with Gasteiger partial charge in [-0.3, -0.25) is 52.0 Å². The molecule has 6 unspecified atom stereocenters. The van der Waals surface area contributed by atoms with E-state index in [9.17, 15) is 39.1 Å². The summed E-state index contributed by atoms with van der Waals surface area (Å²) in [4.78, 5) is 61.6. The van der Waals surface area contributed by atoms with E-state index >= 15 is 8.78 Å². The maximum Gasteiger partial charge on any atom is 0.475 e. The van der Waals surface area contributed by atoms with Gasteiger partial charge in [0.25, 0.3) is 11.5 Å². The van der Waals surface area contributed by atoms with Gasteiger partial charge in [-0.05, 0) is 12.1 Å². The number of aliphatic hydroxyl groups is 1. The molecule has 4 aromatic heterocycles. The number of hydrogen-bond donors (Lipinski definition) is 4. The van der Waals surface area contributed by atoms with E-state index in [2.05, 4.69) is 47.1 Å². The smallest absolute Gasteiger partial charge is 0.394 e. The van der Waals surface area contributed by atoms with Gasteiger partial charge < -0.3 is 28.9 Å². The number of phosphoric acid groups is 1. The number of halogens is 2. The van der Waals surface area contributed by atoms with Crippen molar-refractivity contribution in [1.82, 2.24) is 39.0 Å². The topological polar surface area (TPSA) is 332 Å². The number of nitriles is 2. The lowest BCUT2D eigenvalue weighted by molar-refractivity contribution is -0.118. The quantitative estimate of drug-likeness (QED) is 0.0424. The van der Waals surface area contributed by atoms with Crippen LogP contribution in [0.25, 0.3) is 22.3 Å². The van der Waals surface area contributed by atoms with Crippen LogP contribution in [-0.4, -0.2) is 125 Å². The lowest BCUT2D eigenvalue weighted by atomic mass is 10.1. The maximum absolute atomic E-state index is 17.2. The number of aromatic nitrogens is 8. The second-order valence-electron chi connectivity index (χ2n) is 15.4. The molecule has 366 valence electrons. The first-order chi connectivity index (χ1) is 33.1. The summed E-state index contributed by atoms with van der Waals surface area (Å²) in [5.41, 5.74) is -3.10. The van der Waals surface area contributed by atoms with Crippen molar-refractivity contribution in [1.29, 1.82) is 10.5 Å². The maximum atomic E-state index is 17.2. The number of imidazole rings is 2. The van der Waals surface area contributed by atoms with Gasteiger partial charge in [0.2, 0.25) is 11.9 Å². The van der Waals surface area contributed by atoms with Gasteiger partial charge in [0, 0.05) is 11.5 Å². The average molecular weight is 1000 g/mol. The summed E-state index contributed by atoms with van der Waals surface area (Å²) in [6, 6.07) is 11.8. The number of anilines is 2. The van der Waals surface area contributed by atoms with Crippen LogP contribution in [0.2, 0.25) is 0 Å². The Balaban J connectivity index is 1.18. The van der Waals surface area contributed by atoms with Gasteiger partial charge in [0.1, 0.15) is 30.3 Å². The Bertz CT molecular complexity index is 2910. The van der Waals surface area contributed by atoms with Crippen LogP contribution in [-0.2, 0) is 46.0 Å². The van der Waals surface area contributed by atoms with Gasteiger partial charge in [-0.1, -0.05) is 38.1 Å². The van der Waals surface area contributed by atoms with Gasteiger partial charge in [-0.2, -0.15) is 15.5 Å². The predicted molar refractivity (Wildman–Crippen MR) is 234 cm³/mol. The molecule has 2 saturated heterocycles. The largest absolute Gasteiger partial charge is 0.475 e. The van der Waals surface area contributed by atoms with Crippen molar-refractivity contribution >= 4 is 61.3 Å². The molecule has 2 fully saturated rings. The number of ether oxygens (including phenoxy) is 2. The van der Waals surface area contributed by atoms with E-state index in [4.69, 9.17) is 32.1 Å². The summed E-state index contributed by atoms with van der Waals surface area (Å²) in [7, 11) is -9.94. The third-order valence-corrected chi connectivity index (χ3v) is 14.3. The molecule has 2 amide bonds. The summed E-state index contributed by atoms with van der Waals surface area (Å²) in [5, 5.41) is 33.9. The summed E-state index contributed by atoms with van der Waals surface area (Å²) in [6.45, 7) is 3.16. The molecule has 25 nitrogen and oxygen atoms in total. The zero-order chi connectivity index (χ0) is 49.5. The number of benzene rings is 1. The summed E-state index contributed by atoms with van der Waals surface area (Å²) < 4.78 is 105. The highest BCUT2D eigenvalue weighted by Gasteiger charge is 2.58. The molecule has 0 spiro atoms. The lowest BCUT2D eigenvalue weighted by Gasteiger charge is -2.29. The van der Waals surface area contributed by atoms with E-state index in [1.807, 2.05) is 6.07 Å². The van der Waals surface area contributed by atoms with Crippen molar-refractivity contribution in [2.24, 2.45) is 5.92 Å². The lowest BCUT2D eigenvalue weighted by Crippen LogP contribution is -2.35. The van der Waals surface area contributed by atoms with Crippen LogP contribution in [0.4, 0.5) is 20.5 Å². The molecular weight excluding hydrogens is 956 g/mol. The third-order valence-electron chi connectivity index (χ3n) is 10.4. The highest BCUT2D eigenvalue weighted by atomic mass is 31.2. The summed E-state index contributed by atoms with van der Waals surface area (Å²) in [6.07, 6.45) is -9.87. The summed E-state index contributed by atoms with van der Waals surface area (Å²) in [5.74, 6) is -1.92. The molecule has 29 heteroatoms. The number of fused-ring (bicyclic) bond motifs is 2. The fourth-order valence-corrected chi connectivity index (χ4v) is 10.7. The Labute approximate surface area is 389 Å². The number of hydrogen-bond acceptors (Lipinski definition) is 20. The Morgan fingerprint density at radius 1 is 0.928 bits per heavy atom. The Morgan fingerprint density at radius 3 is 2.28 bits per heavy atom. The second-order valence-corrected chi connectivity index (χ2v) is 19.2. The monoisotopic (exact) mass is 1000 g/mol. The minimum atomic E-state index is -5.17. The number of nitrogens with one attached hydrogen (secondary N) is 3. The third kappa shape index (κ3) is 11.0. The Kier molecular flexibility index (Phi) is 16.2. The Morgan fingerprint density at radius 2 is 1.59 bits per heavy atom. The molecule has 4 N–H and O–H groups in total. The molecule has 7 rings (SSSR count). The van der Waals surface area contributed by atoms with Crippen LogP contribution in [0.3, 0.4) is 0 Å². The standard InChI is InChI=1S/C40H44F2N12O13P2/c1-4-14-61-68(59,62-15-8-12-43)31-25(66-39(27(31)42)54-21-48-29-34(54)50-40(52-37(29)58)51-35(56)22(2)3)18-64-69(60,63-16-9-13-44)67-30-24(17-55)65-38(26(30)41)53-20-47-28-32(45-19-46-33(28)53)49-36(57)23-10-6-5-7-11-23/h4-7,10-11,19-22,24-27,30-31,38-39,55H,1,8-9,14-18H2,2-3H3,(H,45,46,49,57)(H2,50,51,52,56,58)/t24?,25?,26-,27-,30-,31-,38?,39?,68?,69?/m1/s1. The number of rotatable bonds is 22. The molecule has 1 aromatic carbocycles. The van der Waals surface area contributed by atoms with Crippen molar-refractivity contribution in [3.63, 3.8) is 0 Å². The molecule has 2 aliphatic heterocycles. The summed E-state index contributed by atoms with van der Waals surface area (Å²) >= 11 is 0. The van der Waals surface area contributed by atoms with Gasteiger partial charge in [0.15, 0.2) is 52.9 Å². The number of carbonyl (C=O) groups excluding carboxylic acids is 2. The molecule has 5 aromatic rings. The normalized spacial score (nSPS) is 24.1. The van der Waals surface area contributed by atoms with Crippen LogP contribution in [0, 0.1) is 28.6 Å². The van der Waals surface area contributed by atoms with Gasteiger partial charge in [-0.15, -0.1) is 6.58 Å². The second kappa shape index (κ2) is 22.0. The number of alkyl halides is 2. The molecule has 69 heavy (non-hydrogen) atoms. The highest BCUT2D eigenvalue weighted by Crippen LogP contribution is 2.62.